The summed E-state index contributed by atoms with van der Waals surface area (Å²) in [5.74, 6) is 0.244. The van der Waals surface area contributed by atoms with Crippen molar-refractivity contribution in [1.29, 1.82) is 0 Å². The molecule has 0 saturated carbocycles. The maximum atomic E-state index is 12.4. The molecule has 0 unspecified atom stereocenters. The van der Waals surface area contributed by atoms with Crippen molar-refractivity contribution in [3.8, 4) is 23.0 Å². The summed E-state index contributed by atoms with van der Waals surface area (Å²) >= 11 is 9.25. The summed E-state index contributed by atoms with van der Waals surface area (Å²) in [6.07, 6.45) is 4.99. The van der Waals surface area contributed by atoms with Crippen molar-refractivity contribution in [2.45, 2.75) is 13.3 Å². The number of nitrogens with zero attached hydrogens (tertiary/aromatic N) is 4. The fourth-order valence-corrected chi connectivity index (χ4v) is 3.76. The molecule has 10 nitrogen and oxygen atoms in total. The summed E-state index contributed by atoms with van der Waals surface area (Å²) in [4.78, 5) is 16.3. The molecule has 170 valence electrons. The zero-order valence-electron chi connectivity index (χ0n) is 17.0. The van der Waals surface area contributed by atoms with Crippen LogP contribution >= 0.6 is 27.5 Å². The molecule has 0 radical (unpaired) electrons. The van der Waals surface area contributed by atoms with Gasteiger partial charge in [0.1, 0.15) is 19.5 Å². The second-order valence-electron chi connectivity index (χ2n) is 6.29. The molecule has 0 fully saturated rings. The second kappa shape index (κ2) is 11.4. The van der Waals surface area contributed by atoms with Gasteiger partial charge in [-0.15, -0.1) is 0 Å². The Morgan fingerprint density at radius 2 is 1.72 bits per heavy atom. The Hall–Kier alpha value is -2.54. The molecule has 3 rings (SSSR count). The number of benzene rings is 1. The number of anilines is 1. The number of aromatic nitrogens is 4. The van der Waals surface area contributed by atoms with Crippen LogP contribution in [0.25, 0.3) is 11.1 Å². The summed E-state index contributed by atoms with van der Waals surface area (Å²) in [7, 11) is -3.83. The molecule has 0 amide bonds. The molecule has 13 heteroatoms. The van der Waals surface area contributed by atoms with E-state index in [1.54, 1.807) is 36.7 Å². The molecule has 3 aromatic rings. The average molecular weight is 544 g/mol. The normalized spacial score (nSPS) is 11.2. The predicted octanol–water partition coefficient (Wildman–Crippen LogP) is 3.46. The van der Waals surface area contributed by atoms with E-state index in [-0.39, 0.29) is 37.5 Å². The van der Waals surface area contributed by atoms with Gasteiger partial charge in [0, 0.05) is 24.0 Å². The highest BCUT2D eigenvalue weighted by Crippen LogP contribution is 2.34. The van der Waals surface area contributed by atoms with E-state index in [1.807, 2.05) is 6.92 Å². The fourth-order valence-electron chi connectivity index (χ4n) is 2.48. The van der Waals surface area contributed by atoms with Crippen molar-refractivity contribution in [3.63, 3.8) is 0 Å². The van der Waals surface area contributed by atoms with Crippen molar-refractivity contribution in [3.05, 3.63) is 52.5 Å². The molecule has 0 bridgehead atoms. The summed E-state index contributed by atoms with van der Waals surface area (Å²) in [5.41, 5.74) is 0.987. The fraction of sp³-hybridized carbons (Fsp3) is 0.263. The van der Waals surface area contributed by atoms with Crippen molar-refractivity contribution in [2.75, 3.05) is 24.5 Å². The van der Waals surface area contributed by atoms with Crippen LogP contribution in [0.15, 0.2) is 47.5 Å². The third-order valence-electron chi connectivity index (χ3n) is 3.87. The highest BCUT2D eigenvalue weighted by molar-refractivity contribution is 9.10. The zero-order chi connectivity index (χ0) is 23.0. The lowest BCUT2D eigenvalue weighted by Gasteiger charge is -2.15. The van der Waals surface area contributed by atoms with E-state index in [1.165, 1.54) is 6.33 Å². The molecule has 0 spiro atoms. The van der Waals surface area contributed by atoms with Gasteiger partial charge in [-0.05, 0) is 40.0 Å². The molecule has 0 aliphatic rings. The largest absolute Gasteiger partial charge is 0.473 e. The highest BCUT2D eigenvalue weighted by Gasteiger charge is 2.19. The van der Waals surface area contributed by atoms with E-state index in [2.05, 4.69) is 45.3 Å². The topological polar surface area (TPSA) is 128 Å². The SMILES string of the molecule is CCCNS(=O)(=O)Nc1ncnc(OCCOc2ncc(Br)cn2)c1-c1ccc(Cl)cc1. The Kier molecular flexibility index (Phi) is 8.56. The van der Waals surface area contributed by atoms with Gasteiger partial charge in [0.15, 0.2) is 5.82 Å². The summed E-state index contributed by atoms with van der Waals surface area (Å²) < 4.78 is 41.6. The first-order chi connectivity index (χ1) is 15.4. The summed E-state index contributed by atoms with van der Waals surface area (Å²) in [5, 5.41) is 0.530. The Morgan fingerprint density at radius 3 is 2.41 bits per heavy atom. The Balaban J connectivity index is 1.81. The molecule has 0 aliphatic carbocycles. The van der Waals surface area contributed by atoms with Gasteiger partial charge in [-0.3, -0.25) is 4.72 Å². The number of rotatable bonds is 11. The first kappa shape index (κ1) is 24.1. The number of hydrogen-bond donors (Lipinski definition) is 2. The number of hydrogen-bond acceptors (Lipinski definition) is 8. The molecule has 2 heterocycles. The minimum atomic E-state index is -3.83. The summed E-state index contributed by atoms with van der Waals surface area (Å²) in [6.45, 7) is 2.40. The van der Waals surface area contributed by atoms with Crippen molar-refractivity contribution >= 4 is 43.6 Å². The summed E-state index contributed by atoms with van der Waals surface area (Å²) in [6, 6.07) is 6.99. The Morgan fingerprint density at radius 1 is 1.03 bits per heavy atom. The maximum Gasteiger partial charge on any atom is 0.316 e. The van der Waals surface area contributed by atoms with Crippen LogP contribution in [0.3, 0.4) is 0 Å². The third kappa shape index (κ3) is 6.99. The van der Waals surface area contributed by atoms with E-state index < -0.39 is 10.2 Å². The van der Waals surface area contributed by atoms with E-state index in [0.717, 1.165) is 4.47 Å². The zero-order valence-corrected chi connectivity index (χ0v) is 20.1. The first-order valence-corrected chi connectivity index (χ1v) is 12.1. The van der Waals surface area contributed by atoms with Gasteiger partial charge < -0.3 is 9.47 Å². The van der Waals surface area contributed by atoms with Crippen LogP contribution in [-0.4, -0.2) is 48.1 Å². The molecule has 1 aromatic carbocycles. The molecule has 32 heavy (non-hydrogen) atoms. The van der Waals surface area contributed by atoms with Gasteiger partial charge in [-0.2, -0.15) is 13.1 Å². The van der Waals surface area contributed by atoms with Crippen molar-refractivity contribution in [1.82, 2.24) is 24.7 Å². The van der Waals surface area contributed by atoms with Crippen LogP contribution in [0.5, 0.6) is 11.9 Å². The predicted molar refractivity (Wildman–Crippen MR) is 124 cm³/mol. The molecular weight excluding hydrogens is 524 g/mol. The number of ether oxygens (including phenoxy) is 2. The maximum absolute atomic E-state index is 12.4. The lowest BCUT2D eigenvalue weighted by molar-refractivity contribution is 0.202. The van der Waals surface area contributed by atoms with Crippen LogP contribution in [-0.2, 0) is 10.2 Å². The van der Waals surface area contributed by atoms with Gasteiger partial charge in [-0.25, -0.2) is 19.9 Å². The molecular formula is C19H20BrClN6O4S. The molecule has 0 aliphatic heterocycles. The lowest BCUT2D eigenvalue weighted by Crippen LogP contribution is -2.31. The van der Waals surface area contributed by atoms with Gasteiger partial charge in [-0.1, -0.05) is 30.7 Å². The van der Waals surface area contributed by atoms with Crippen molar-refractivity contribution < 1.29 is 17.9 Å². The second-order valence-corrected chi connectivity index (χ2v) is 9.14. The molecule has 2 aromatic heterocycles. The number of halogens is 2. The quantitative estimate of drug-likeness (QED) is 0.352. The third-order valence-corrected chi connectivity index (χ3v) is 5.58. The average Bonchev–Trinajstić information content (AvgIpc) is 2.77. The standard InChI is InChI=1S/C19H20BrClN6O4S/c1-2-7-26-32(28,29)27-17-16(13-3-5-15(21)6-4-13)18(25-12-24-17)30-8-9-31-19-22-10-14(20)11-23-19/h3-6,10-12,26H,2,7-9H2,1H3,(H,24,25,27). The Bertz CT molecular complexity index is 1130. The molecule has 2 N–H and O–H groups in total. The molecule has 0 saturated heterocycles. The van der Waals surface area contributed by atoms with Crippen LogP contribution in [0.4, 0.5) is 5.82 Å². The Labute approximate surface area is 199 Å². The van der Waals surface area contributed by atoms with E-state index in [0.29, 0.717) is 22.6 Å². The van der Waals surface area contributed by atoms with Crippen LogP contribution in [0, 0.1) is 0 Å². The molecule has 0 atom stereocenters. The highest BCUT2D eigenvalue weighted by atomic mass is 79.9. The van der Waals surface area contributed by atoms with Crippen LogP contribution < -0.4 is 18.9 Å². The monoisotopic (exact) mass is 542 g/mol. The van der Waals surface area contributed by atoms with Gasteiger partial charge >= 0.3 is 6.01 Å². The smallest absolute Gasteiger partial charge is 0.316 e. The minimum absolute atomic E-state index is 0.0677. The number of nitrogens with one attached hydrogen (secondary N) is 2. The van der Waals surface area contributed by atoms with Gasteiger partial charge in [0.25, 0.3) is 10.2 Å². The lowest BCUT2D eigenvalue weighted by atomic mass is 10.1. The van der Waals surface area contributed by atoms with Crippen molar-refractivity contribution in [2.24, 2.45) is 0 Å². The minimum Gasteiger partial charge on any atom is -0.473 e. The van der Waals surface area contributed by atoms with E-state index in [4.69, 9.17) is 21.1 Å². The van der Waals surface area contributed by atoms with Crippen LogP contribution in [0.1, 0.15) is 13.3 Å². The van der Waals surface area contributed by atoms with Crippen LogP contribution in [0.2, 0.25) is 5.02 Å². The first-order valence-electron chi connectivity index (χ1n) is 9.49. The van der Waals surface area contributed by atoms with E-state index >= 15 is 0 Å². The van der Waals surface area contributed by atoms with Gasteiger partial charge in [0.05, 0.1) is 10.0 Å². The van der Waals surface area contributed by atoms with E-state index in [9.17, 15) is 8.42 Å². The van der Waals surface area contributed by atoms with Gasteiger partial charge in [0.2, 0.25) is 5.88 Å².